The van der Waals surface area contributed by atoms with Crippen LogP contribution in [0.25, 0.3) is 0 Å². The summed E-state index contributed by atoms with van der Waals surface area (Å²) in [5.74, 6) is -2.02. The highest BCUT2D eigenvalue weighted by molar-refractivity contribution is 6.24. The normalized spacial score (nSPS) is 32.9. The lowest BCUT2D eigenvalue weighted by molar-refractivity contribution is -0.123. The van der Waals surface area contributed by atoms with Gasteiger partial charge >= 0.3 is 5.97 Å². The van der Waals surface area contributed by atoms with Gasteiger partial charge in [0.25, 0.3) is 0 Å². The van der Waals surface area contributed by atoms with Crippen LogP contribution in [0.5, 0.6) is 0 Å². The number of benzene rings is 1. The van der Waals surface area contributed by atoms with Crippen molar-refractivity contribution >= 4 is 23.5 Å². The minimum absolute atomic E-state index is 0.0144. The van der Waals surface area contributed by atoms with E-state index in [9.17, 15) is 19.5 Å². The van der Waals surface area contributed by atoms with Crippen LogP contribution in [0.3, 0.4) is 0 Å². The predicted molar refractivity (Wildman–Crippen MR) is 73.6 cm³/mol. The largest absolute Gasteiger partial charge is 0.478 e. The molecule has 4 rings (SSSR count). The number of para-hydroxylation sites is 1. The second-order valence-corrected chi connectivity index (χ2v) is 5.83. The topological polar surface area (TPSA) is 74.7 Å². The number of anilines is 1. The first-order valence-corrected chi connectivity index (χ1v) is 6.98. The molecule has 4 atom stereocenters. The number of allylic oxidation sites excluding steroid dienone is 2. The van der Waals surface area contributed by atoms with Crippen LogP contribution in [-0.2, 0) is 9.59 Å². The number of carboxylic acids is 1. The molecule has 1 N–H and O–H groups in total. The van der Waals surface area contributed by atoms with Gasteiger partial charge in [-0.3, -0.25) is 9.59 Å². The van der Waals surface area contributed by atoms with E-state index in [4.69, 9.17) is 0 Å². The highest BCUT2D eigenvalue weighted by Crippen LogP contribution is 2.53. The first kappa shape index (κ1) is 12.3. The van der Waals surface area contributed by atoms with Crippen LogP contribution in [0.4, 0.5) is 5.69 Å². The van der Waals surface area contributed by atoms with Gasteiger partial charge in [-0.2, -0.15) is 0 Å². The Labute approximate surface area is 120 Å². The summed E-state index contributed by atoms with van der Waals surface area (Å²) in [7, 11) is 0. The summed E-state index contributed by atoms with van der Waals surface area (Å²) in [5, 5.41) is 9.26. The fourth-order valence-electron chi connectivity index (χ4n) is 3.99. The van der Waals surface area contributed by atoms with E-state index in [1.807, 2.05) is 12.2 Å². The maximum atomic E-state index is 12.6. The third-order valence-electron chi connectivity index (χ3n) is 4.85. The molecule has 1 saturated heterocycles. The zero-order valence-corrected chi connectivity index (χ0v) is 11.1. The zero-order chi connectivity index (χ0) is 14.7. The number of amides is 2. The van der Waals surface area contributed by atoms with Gasteiger partial charge in [-0.15, -0.1) is 0 Å². The van der Waals surface area contributed by atoms with Gasteiger partial charge in [0.05, 0.1) is 23.1 Å². The van der Waals surface area contributed by atoms with Crippen molar-refractivity contribution in [1.82, 2.24) is 0 Å². The number of imide groups is 1. The lowest BCUT2D eigenvalue weighted by Crippen LogP contribution is -2.34. The van der Waals surface area contributed by atoms with Crippen LogP contribution in [0, 0.1) is 23.7 Å². The Morgan fingerprint density at radius 1 is 1.05 bits per heavy atom. The Morgan fingerprint density at radius 2 is 1.62 bits per heavy atom. The molecule has 3 aliphatic rings. The number of fused-ring (bicyclic) bond motifs is 5. The molecule has 2 amide bonds. The molecule has 0 unspecified atom stereocenters. The van der Waals surface area contributed by atoms with E-state index in [2.05, 4.69) is 0 Å². The van der Waals surface area contributed by atoms with Gasteiger partial charge in [-0.25, -0.2) is 9.69 Å². The molecule has 0 radical (unpaired) electrons. The molecule has 1 heterocycles. The van der Waals surface area contributed by atoms with Crippen molar-refractivity contribution in [2.24, 2.45) is 23.7 Å². The minimum Gasteiger partial charge on any atom is -0.478 e. The fourth-order valence-corrected chi connectivity index (χ4v) is 3.99. The summed E-state index contributed by atoms with van der Waals surface area (Å²) in [4.78, 5) is 37.7. The maximum absolute atomic E-state index is 12.6. The van der Waals surface area contributed by atoms with E-state index in [0.29, 0.717) is 0 Å². The standard InChI is InChI=1S/C16H13NO4/c18-14-12-8-5-6-9(7-8)13(12)15(19)17(14)11-4-2-1-3-10(11)16(20)21/h1-6,8-9,12-13H,7H2,(H,20,21)/t8-,9+,12+,13-. The van der Waals surface area contributed by atoms with Crippen molar-refractivity contribution in [3.8, 4) is 0 Å². The molecular weight excluding hydrogens is 270 g/mol. The molecule has 0 spiro atoms. The van der Waals surface area contributed by atoms with E-state index < -0.39 is 5.97 Å². The number of hydrogen-bond donors (Lipinski definition) is 1. The van der Waals surface area contributed by atoms with Gasteiger partial charge in [0.2, 0.25) is 11.8 Å². The lowest BCUT2D eigenvalue weighted by atomic mass is 9.85. The molecule has 21 heavy (non-hydrogen) atoms. The molecule has 2 fully saturated rings. The minimum atomic E-state index is -1.13. The molecule has 106 valence electrons. The van der Waals surface area contributed by atoms with Gasteiger partial charge in [0, 0.05) is 0 Å². The monoisotopic (exact) mass is 283 g/mol. The lowest BCUT2D eigenvalue weighted by Gasteiger charge is -2.19. The van der Waals surface area contributed by atoms with Gasteiger partial charge in [-0.1, -0.05) is 24.3 Å². The van der Waals surface area contributed by atoms with Crippen LogP contribution in [0.2, 0.25) is 0 Å². The zero-order valence-electron chi connectivity index (χ0n) is 11.1. The summed E-state index contributed by atoms with van der Waals surface area (Å²) in [6, 6.07) is 6.17. The van der Waals surface area contributed by atoms with Crippen molar-refractivity contribution in [3.63, 3.8) is 0 Å². The van der Waals surface area contributed by atoms with Gasteiger partial charge in [0.15, 0.2) is 0 Å². The summed E-state index contributed by atoms with van der Waals surface area (Å²) in [5.41, 5.74) is 0.174. The second-order valence-electron chi connectivity index (χ2n) is 5.83. The third kappa shape index (κ3) is 1.48. The number of carbonyl (C=O) groups is 3. The molecule has 5 heteroatoms. The number of carboxylic acid groups (broad SMARTS) is 1. The summed E-state index contributed by atoms with van der Waals surface area (Å²) >= 11 is 0. The highest BCUT2D eigenvalue weighted by atomic mass is 16.4. The maximum Gasteiger partial charge on any atom is 0.337 e. The number of rotatable bonds is 2. The second kappa shape index (κ2) is 4.04. The van der Waals surface area contributed by atoms with Crippen LogP contribution >= 0.6 is 0 Å². The van der Waals surface area contributed by atoms with Crippen LogP contribution in [0.1, 0.15) is 16.8 Å². The molecule has 2 aliphatic carbocycles. The highest BCUT2D eigenvalue weighted by Gasteiger charge is 2.59. The molecule has 1 aromatic rings. The molecule has 1 aliphatic heterocycles. The molecule has 1 saturated carbocycles. The Morgan fingerprint density at radius 3 is 2.19 bits per heavy atom. The molecule has 1 aromatic carbocycles. The van der Waals surface area contributed by atoms with Crippen LogP contribution in [0.15, 0.2) is 36.4 Å². The first-order chi connectivity index (χ1) is 10.1. The van der Waals surface area contributed by atoms with E-state index in [1.54, 1.807) is 12.1 Å². The van der Waals surface area contributed by atoms with E-state index in [-0.39, 0.29) is 46.7 Å². The Bertz CT molecular complexity index is 678. The van der Waals surface area contributed by atoms with E-state index >= 15 is 0 Å². The van der Waals surface area contributed by atoms with Crippen LogP contribution < -0.4 is 4.90 Å². The summed E-state index contributed by atoms with van der Waals surface area (Å²) < 4.78 is 0. The van der Waals surface area contributed by atoms with Gasteiger partial charge in [-0.05, 0) is 30.4 Å². The predicted octanol–water partition coefficient (Wildman–Crippen LogP) is 1.70. The fraction of sp³-hybridized carbons (Fsp3) is 0.312. The van der Waals surface area contributed by atoms with Crippen LogP contribution in [-0.4, -0.2) is 22.9 Å². The van der Waals surface area contributed by atoms with E-state index in [0.717, 1.165) is 11.3 Å². The molecule has 0 aromatic heterocycles. The smallest absolute Gasteiger partial charge is 0.337 e. The quantitative estimate of drug-likeness (QED) is 0.662. The average Bonchev–Trinajstić information content (AvgIpc) is 3.13. The third-order valence-corrected chi connectivity index (χ3v) is 4.85. The van der Waals surface area contributed by atoms with Crippen molar-refractivity contribution in [3.05, 3.63) is 42.0 Å². The van der Waals surface area contributed by atoms with Crippen molar-refractivity contribution in [2.45, 2.75) is 6.42 Å². The first-order valence-electron chi connectivity index (χ1n) is 6.98. The molecule has 5 nitrogen and oxygen atoms in total. The van der Waals surface area contributed by atoms with Gasteiger partial charge in [0.1, 0.15) is 0 Å². The number of aromatic carboxylic acids is 1. The van der Waals surface area contributed by atoms with Crippen molar-refractivity contribution in [2.75, 3.05) is 4.90 Å². The SMILES string of the molecule is O=C(O)c1ccccc1N1C(=O)[C@@H]2[C@H](C1=O)[C@H]1C=C[C@@H]2C1. The number of nitrogens with zero attached hydrogens (tertiary/aromatic N) is 1. The number of carbonyl (C=O) groups excluding carboxylic acids is 2. The van der Waals surface area contributed by atoms with E-state index in [1.165, 1.54) is 12.1 Å². The van der Waals surface area contributed by atoms with Crippen molar-refractivity contribution < 1.29 is 19.5 Å². The summed E-state index contributed by atoms with van der Waals surface area (Å²) in [6.45, 7) is 0. The van der Waals surface area contributed by atoms with Crippen molar-refractivity contribution in [1.29, 1.82) is 0 Å². The Kier molecular flexibility index (Phi) is 2.37. The number of hydrogen-bond acceptors (Lipinski definition) is 3. The molecule has 2 bridgehead atoms. The Balaban J connectivity index is 1.80. The Hall–Kier alpha value is -2.43. The summed E-state index contributed by atoms with van der Waals surface area (Å²) in [6.07, 6.45) is 4.90. The molecular formula is C16H13NO4. The van der Waals surface area contributed by atoms with Gasteiger partial charge < -0.3 is 5.11 Å². The average molecular weight is 283 g/mol.